The first-order valence-corrected chi connectivity index (χ1v) is 7.60. The second-order valence-electron chi connectivity index (χ2n) is 5.53. The number of anilines is 1. The number of piperazine rings is 1. The molecule has 6 heteroatoms. The predicted molar refractivity (Wildman–Crippen MR) is 84.5 cm³/mol. The standard InChI is InChI=1S/C15H19BrN2O3/c1-5-11-13(19)17-15(2,3)14(20)18(11)12-8-9(21-4)6-7-10(12)16/h6-8,11H,5H2,1-4H3,(H,17,19). The van der Waals surface area contributed by atoms with E-state index in [4.69, 9.17) is 4.74 Å². The van der Waals surface area contributed by atoms with E-state index in [1.165, 1.54) is 0 Å². The molecule has 21 heavy (non-hydrogen) atoms. The van der Waals surface area contributed by atoms with Crippen molar-refractivity contribution < 1.29 is 14.3 Å². The van der Waals surface area contributed by atoms with E-state index in [1.807, 2.05) is 13.0 Å². The molecule has 114 valence electrons. The second kappa shape index (κ2) is 5.67. The van der Waals surface area contributed by atoms with Crippen LogP contribution in [0.4, 0.5) is 5.69 Å². The Balaban J connectivity index is 2.56. The van der Waals surface area contributed by atoms with Gasteiger partial charge in [0, 0.05) is 10.5 Å². The zero-order valence-corrected chi connectivity index (χ0v) is 14.2. The highest BCUT2D eigenvalue weighted by molar-refractivity contribution is 9.10. The average molecular weight is 355 g/mol. The molecule has 1 N–H and O–H groups in total. The molecule has 0 saturated carbocycles. The van der Waals surface area contributed by atoms with Gasteiger partial charge < -0.3 is 10.1 Å². The zero-order chi connectivity index (χ0) is 15.8. The van der Waals surface area contributed by atoms with Crippen molar-refractivity contribution in [2.45, 2.75) is 38.8 Å². The number of nitrogens with zero attached hydrogens (tertiary/aromatic N) is 1. The minimum Gasteiger partial charge on any atom is -0.497 e. The van der Waals surface area contributed by atoms with Crippen LogP contribution in [0, 0.1) is 0 Å². The number of benzene rings is 1. The lowest BCUT2D eigenvalue weighted by Gasteiger charge is -2.42. The molecule has 0 aromatic heterocycles. The van der Waals surface area contributed by atoms with Crippen LogP contribution in [0.5, 0.6) is 5.75 Å². The number of carbonyl (C=O) groups is 2. The highest BCUT2D eigenvalue weighted by atomic mass is 79.9. The Morgan fingerprint density at radius 3 is 2.62 bits per heavy atom. The summed E-state index contributed by atoms with van der Waals surface area (Å²) in [4.78, 5) is 26.6. The topological polar surface area (TPSA) is 58.6 Å². The van der Waals surface area contributed by atoms with Gasteiger partial charge in [0.25, 0.3) is 5.91 Å². The van der Waals surface area contributed by atoms with Gasteiger partial charge in [-0.25, -0.2) is 0 Å². The summed E-state index contributed by atoms with van der Waals surface area (Å²) in [7, 11) is 1.57. The first-order chi connectivity index (χ1) is 9.81. The molecule has 0 spiro atoms. The minimum absolute atomic E-state index is 0.136. The predicted octanol–water partition coefficient (Wildman–Crippen LogP) is 2.48. The van der Waals surface area contributed by atoms with Gasteiger partial charge in [-0.2, -0.15) is 0 Å². The van der Waals surface area contributed by atoms with E-state index >= 15 is 0 Å². The summed E-state index contributed by atoms with van der Waals surface area (Å²) in [6.07, 6.45) is 0.539. The van der Waals surface area contributed by atoms with E-state index < -0.39 is 11.6 Å². The van der Waals surface area contributed by atoms with Crippen molar-refractivity contribution in [1.82, 2.24) is 5.32 Å². The molecule has 1 atom stereocenters. The third-order valence-electron chi connectivity index (χ3n) is 3.60. The molecule has 5 nitrogen and oxygen atoms in total. The molecule has 1 aliphatic rings. The molecular formula is C15H19BrN2O3. The molecular weight excluding hydrogens is 336 g/mol. The van der Waals surface area contributed by atoms with Crippen LogP contribution in [0.1, 0.15) is 27.2 Å². The van der Waals surface area contributed by atoms with Crippen molar-refractivity contribution in [2.75, 3.05) is 12.0 Å². The van der Waals surface area contributed by atoms with Crippen LogP contribution in [0.3, 0.4) is 0 Å². The van der Waals surface area contributed by atoms with Crippen molar-refractivity contribution in [3.8, 4) is 5.75 Å². The van der Waals surface area contributed by atoms with Gasteiger partial charge >= 0.3 is 0 Å². The van der Waals surface area contributed by atoms with Gasteiger partial charge in [0.1, 0.15) is 17.3 Å². The van der Waals surface area contributed by atoms with Crippen molar-refractivity contribution in [3.05, 3.63) is 22.7 Å². The molecule has 0 aliphatic carbocycles. The van der Waals surface area contributed by atoms with Gasteiger partial charge in [-0.05, 0) is 48.3 Å². The summed E-state index contributed by atoms with van der Waals surface area (Å²) >= 11 is 3.46. The maximum atomic E-state index is 12.8. The number of rotatable bonds is 3. The molecule has 1 aromatic carbocycles. The number of carbonyl (C=O) groups excluding carboxylic acids is 2. The summed E-state index contributed by atoms with van der Waals surface area (Å²) in [6.45, 7) is 5.30. The summed E-state index contributed by atoms with van der Waals surface area (Å²) in [5.74, 6) is 0.361. The lowest BCUT2D eigenvalue weighted by Crippen LogP contribution is -2.68. The molecule has 1 heterocycles. The number of ether oxygens (including phenoxy) is 1. The van der Waals surface area contributed by atoms with Crippen LogP contribution in [0.2, 0.25) is 0 Å². The highest BCUT2D eigenvalue weighted by Gasteiger charge is 2.45. The van der Waals surface area contributed by atoms with E-state index in [1.54, 1.807) is 38.0 Å². The molecule has 0 bridgehead atoms. The van der Waals surface area contributed by atoms with Crippen molar-refractivity contribution in [1.29, 1.82) is 0 Å². The fourth-order valence-electron chi connectivity index (χ4n) is 2.45. The van der Waals surface area contributed by atoms with Crippen molar-refractivity contribution >= 4 is 33.4 Å². The van der Waals surface area contributed by atoms with Gasteiger partial charge in [0.05, 0.1) is 12.8 Å². The fraction of sp³-hybridized carbons (Fsp3) is 0.467. The molecule has 1 aliphatic heterocycles. The Bertz CT molecular complexity index is 586. The Hall–Kier alpha value is -1.56. The second-order valence-corrected chi connectivity index (χ2v) is 6.39. The Kier molecular flexibility index (Phi) is 4.27. The van der Waals surface area contributed by atoms with E-state index in [0.717, 1.165) is 4.47 Å². The van der Waals surface area contributed by atoms with E-state index in [-0.39, 0.29) is 11.8 Å². The number of nitrogens with one attached hydrogen (secondary N) is 1. The quantitative estimate of drug-likeness (QED) is 0.906. The fourth-order valence-corrected chi connectivity index (χ4v) is 2.89. The molecule has 1 fully saturated rings. The van der Waals surface area contributed by atoms with Crippen molar-refractivity contribution in [3.63, 3.8) is 0 Å². The van der Waals surface area contributed by atoms with Crippen LogP contribution in [-0.4, -0.2) is 30.5 Å². The largest absolute Gasteiger partial charge is 0.497 e. The van der Waals surface area contributed by atoms with Crippen LogP contribution < -0.4 is 15.0 Å². The molecule has 2 amide bonds. The summed E-state index contributed by atoms with van der Waals surface area (Å²) in [6, 6.07) is 4.86. The lowest BCUT2D eigenvalue weighted by atomic mass is 9.95. The number of hydrogen-bond acceptors (Lipinski definition) is 3. The van der Waals surface area contributed by atoms with Crippen LogP contribution in [-0.2, 0) is 9.59 Å². The Labute approximate surface area is 132 Å². The zero-order valence-electron chi connectivity index (χ0n) is 12.6. The molecule has 0 radical (unpaired) electrons. The van der Waals surface area contributed by atoms with Crippen LogP contribution in [0.15, 0.2) is 22.7 Å². The highest BCUT2D eigenvalue weighted by Crippen LogP contribution is 2.35. The minimum atomic E-state index is -0.925. The number of methoxy groups -OCH3 is 1. The van der Waals surface area contributed by atoms with E-state index in [0.29, 0.717) is 17.9 Å². The Morgan fingerprint density at radius 2 is 2.05 bits per heavy atom. The van der Waals surface area contributed by atoms with E-state index in [2.05, 4.69) is 21.2 Å². The normalized spacial score (nSPS) is 21.2. The lowest BCUT2D eigenvalue weighted by molar-refractivity contribution is -0.137. The number of halogens is 1. The van der Waals surface area contributed by atoms with Gasteiger partial charge in [-0.3, -0.25) is 14.5 Å². The van der Waals surface area contributed by atoms with Crippen LogP contribution >= 0.6 is 15.9 Å². The maximum absolute atomic E-state index is 12.8. The van der Waals surface area contributed by atoms with Crippen LogP contribution in [0.25, 0.3) is 0 Å². The molecule has 1 unspecified atom stereocenters. The molecule has 1 saturated heterocycles. The molecule has 2 rings (SSSR count). The third-order valence-corrected chi connectivity index (χ3v) is 4.27. The van der Waals surface area contributed by atoms with Gasteiger partial charge in [-0.1, -0.05) is 6.92 Å². The Morgan fingerprint density at radius 1 is 1.38 bits per heavy atom. The summed E-state index contributed by atoms with van der Waals surface area (Å²) in [5, 5.41) is 2.78. The maximum Gasteiger partial charge on any atom is 0.252 e. The monoisotopic (exact) mass is 354 g/mol. The SMILES string of the molecule is CCC1C(=O)NC(C)(C)C(=O)N1c1cc(OC)ccc1Br. The van der Waals surface area contributed by atoms with E-state index in [9.17, 15) is 9.59 Å². The molecule has 1 aromatic rings. The number of amides is 2. The summed E-state index contributed by atoms with van der Waals surface area (Å²) in [5.41, 5.74) is -0.278. The van der Waals surface area contributed by atoms with Gasteiger partial charge in [0.15, 0.2) is 0 Å². The van der Waals surface area contributed by atoms with Gasteiger partial charge in [0.2, 0.25) is 5.91 Å². The average Bonchev–Trinajstić information content (AvgIpc) is 2.43. The van der Waals surface area contributed by atoms with Gasteiger partial charge in [-0.15, -0.1) is 0 Å². The smallest absolute Gasteiger partial charge is 0.252 e. The third kappa shape index (κ3) is 2.77. The van der Waals surface area contributed by atoms with Crippen molar-refractivity contribution in [2.24, 2.45) is 0 Å². The summed E-state index contributed by atoms with van der Waals surface area (Å²) < 4.78 is 5.97. The first kappa shape index (κ1) is 15.8. The first-order valence-electron chi connectivity index (χ1n) is 6.81. The number of hydrogen-bond donors (Lipinski definition) is 1.